The van der Waals surface area contributed by atoms with Crippen molar-refractivity contribution in [1.82, 2.24) is 4.98 Å². The Morgan fingerprint density at radius 1 is 1.33 bits per heavy atom. The van der Waals surface area contributed by atoms with E-state index in [4.69, 9.17) is 28.9 Å². The molecule has 5 heteroatoms. The van der Waals surface area contributed by atoms with Crippen LogP contribution in [-0.2, 0) is 12.8 Å². The largest absolute Gasteiger partial charge is 0.327 e. The summed E-state index contributed by atoms with van der Waals surface area (Å²) in [4.78, 5) is 4.41. The molecule has 0 aliphatic heterocycles. The summed E-state index contributed by atoms with van der Waals surface area (Å²) in [7, 11) is 0. The van der Waals surface area contributed by atoms with Gasteiger partial charge in [0, 0.05) is 27.9 Å². The Kier molecular flexibility index (Phi) is 4.62. The van der Waals surface area contributed by atoms with E-state index < -0.39 is 0 Å². The molecule has 1 aromatic heterocycles. The molecule has 0 bridgehead atoms. The van der Waals surface area contributed by atoms with Crippen molar-refractivity contribution < 1.29 is 0 Å². The molecule has 2 N–H and O–H groups in total. The van der Waals surface area contributed by atoms with Crippen LogP contribution in [0, 0.1) is 6.92 Å². The Hall–Kier alpha value is -0.610. The van der Waals surface area contributed by atoms with Gasteiger partial charge in [0.05, 0.1) is 10.7 Å². The van der Waals surface area contributed by atoms with Gasteiger partial charge in [0.1, 0.15) is 0 Å². The summed E-state index contributed by atoms with van der Waals surface area (Å²) in [5.41, 5.74) is 8.21. The number of hydrogen-bond acceptors (Lipinski definition) is 3. The van der Waals surface area contributed by atoms with Gasteiger partial charge in [-0.1, -0.05) is 29.3 Å². The number of nitrogens with zero attached hydrogens (tertiary/aromatic N) is 1. The molecule has 2 nitrogen and oxygen atoms in total. The molecule has 2 aromatic rings. The van der Waals surface area contributed by atoms with E-state index >= 15 is 0 Å². The predicted octanol–water partition coefficient (Wildman–Crippen LogP) is 3.87. The molecule has 1 atom stereocenters. The number of thiazole rings is 1. The average molecular weight is 301 g/mol. The molecule has 0 saturated heterocycles. The van der Waals surface area contributed by atoms with Gasteiger partial charge in [-0.05, 0) is 31.0 Å². The highest BCUT2D eigenvalue weighted by atomic mass is 35.5. The van der Waals surface area contributed by atoms with Crippen LogP contribution < -0.4 is 5.73 Å². The maximum absolute atomic E-state index is 6.13. The lowest BCUT2D eigenvalue weighted by atomic mass is 10.0. The van der Waals surface area contributed by atoms with E-state index in [2.05, 4.69) is 10.4 Å². The van der Waals surface area contributed by atoms with Gasteiger partial charge in [0.25, 0.3) is 0 Å². The van der Waals surface area contributed by atoms with E-state index in [1.807, 2.05) is 19.1 Å². The van der Waals surface area contributed by atoms with Gasteiger partial charge < -0.3 is 5.73 Å². The van der Waals surface area contributed by atoms with Crippen LogP contribution in [0.15, 0.2) is 23.6 Å². The zero-order chi connectivity index (χ0) is 13.1. The molecule has 1 unspecified atom stereocenters. The van der Waals surface area contributed by atoms with Crippen molar-refractivity contribution in [3.8, 4) is 0 Å². The molecule has 0 fully saturated rings. The van der Waals surface area contributed by atoms with Crippen molar-refractivity contribution >= 4 is 34.5 Å². The number of benzene rings is 1. The average Bonchev–Trinajstić information content (AvgIpc) is 2.68. The van der Waals surface area contributed by atoms with Crippen LogP contribution in [0.1, 0.15) is 16.3 Å². The fraction of sp³-hybridized carbons (Fsp3) is 0.308. The lowest BCUT2D eigenvalue weighted by Gasteiger charge is -2.11. The summed E-state index contributed by atoms with van der Waals surface area (Å²) in [5.74, 6) is 0. The molecule has 0 amide bonds. The molecule has 0 aliphatic carbocycles. The first-order valence-corrected chi connectivity index (χ1v) is 7.28. The van der Waals surface area contributed by atoms with E-state index in [-0.39, 0.29) is 6.04 Å². The van der Waals surface area contributed by atoms with Crippen molar-refractivity contribution in [2.45, 2.75) is 25.8 Å². The van der Waals surface area contributed by atoms with Gasteiger partial charge in [-0.25, -0.2) is 4.98 Å². The van der Waals surface area contributed by atoms with Crippen LogP contribution in [0.4, 0.5) is 0 Å². The summed E-state index contributed by atoms with van der Waals surface area (Å²) >= 11 is 13.6. The molecule has 0 aliphatic rings. The van der Waals surface area contributed by atoms with Crippen LogP contribution in [-0.4, -0.2) is 11.0 Å². The molecule has 18 heavy (non-hydrogen) atoms. The summed E-state index contributed by atoms with van der Waals surface area (Å²) in [5, 5.41) is 4.44. The molecule has 0 radical (unpaired) electrons. The van der Waals surface area contributed by atoms with Crippen LogP contribution in [0.2, 0.25) is 10.0 Å². The number of rotatable bonds is 4. The van der Waals surface area contributed by atoms with E-state index in [9.17, 15) is 0 Å². The standard InChI is InChI=1S/C13H14Cl2N2S/c1-8-17-12(7-18-8)6-11(16)4-9-2-3-10(14)5-13(9)15/h2-3,5,7,11H,4,6,16H2,1H3. The molecule has 2 rings (SSSR count). The number of halogens is 2. The van der Waals surface area contributed by atoms with Crippen molar-refractivity contribution in [3.05, 3.63) is 49.9 Å². The minimum atomic E-state index is 0.0187. The smallest absolute Gasteiger partial charge is 0.0897 e. The SMILES string of the molecule is Cc1nc(CC(N)Cc2ccc(Cl)cc2Cl)cs1. The Labute approximate surface area is 121 Å². The second kappa shape index (κ2) is 6.02. The highest BCUT2D eigenvalue weighted by Crippen LogP contribution is 2.22. The van der Waals surface area contributed by atoms with E-state index in [0.717, 1.165) is 29.1 Å². The van der Waals surface area contributed by atoms with Crippen LogP contribution >= 0.6 is 34.5 Å². The molecule has 0 saturated carbocycles. The normalized spacial score (nSPS) is 12.7. The minimum absolute atomic E-state index is 0.0187. The van der Waals surface area contributed by atoms with Crippen molar-refractivity contribution in [3.63, 3.8) is 0 Å². The van der Waals surface area contributed by atoms with Crippen molar-refractivity contribution in [1.29, 1.82) is 0 Å². The lowest BCUT2D eigenvalue weighted by Crippen LogP contribution is -2.25. The van der Waals surface area contributed by atoms with Gasteiger partial charge in [0.2, 0.25) is 0 Å². The zero-order valence-corrected chi connectivity index (χ0v) is 12.3. The highest BCUT2D eigenvalue weighted by molar-refractivity contribution is 7.09. The third-order valence-corrected chi connectivity index (χ3v) is 4.04. The van der Waals surface area contributed by atoms with Gasteiger partial charge in [-0.3, -0.25) is 0 Å². The van der Waals surface area contributed by atoms with Crippen LogP contribution in [0.3, 0.4) is 0 Å². The summed E-state index contributed by atoms with van der Waals surface area (Å²) < 4.78 is 0. The minimum Gasteiger partial charge on any atom is -0.327 e. The third kappa shape index (κ3) is 3.69. The van der Waals surface area contributed by atoms with Gasteiger partial charge >= 0.3 is 0 Å². The maximum Gasteiger partial charge on any atom is 0.0897 e. The summed E-state index contributed by atoms with van der Waals surface area (Å²) in [6, 6.07) is 5.53. The molecule has 1 aromatic carbocycles. The van der Waals surface area contributed by atoms with Gasteiger partial charge in [0.15, 0.2) is 0 Å². The first-order valence-electron chi connectivity index (χ1n) is 5.65. The number of aromatic nitrogens is 1. The first kappa shape index (κ1) is 13.8. The van der Waals surface area contributed by atoms with Crippen molar-refractivity contribution in [2.24, 2.45) is 5.73 Å². The third-order valence-electron chi connectivity index (χ3n) is 2.64. The van der Waals surface area contributed by atoms with Gasteiger partial charge in [-0.2, -0.15) is 0 Å². The fourth-order valence-corrected chi connectivity index (χ4v) is 2.92. The Morgan fingerprint density at radius 2 is 2.11 bits per heavy atom. The molecule has 96 valence electrons. The predicted molar refractivity (Wildman–Crippen MR) is 78.7 cm³/mol. The molecule has 0 spiro atoms. The second-order valence-corrected chi connectivity index (χ2v) is 6.17. The number of aryl methyl sites for hydroxylation is 1. The topological polar surface area (TPSA) is 38.9 Å². The first-order chi connectivity index (χ1) is 8.54. The highest BCUT2D eigenvalue weighted by Gasteiger charge is 2.10. The number of hydrogen-bond donors (Lipinski definition) is 1. The molecular weight excluding hydrogens is 287 g/mol. The fourth-order valence-electron chi connectivity index (χ4n) is 1.81. The second-order valence-electron chi connectivity index (χ2n) is 4.26. The number of nitrogens with two attached hydrogens (primary N) is 1. The quantitative estimate of drug-likeness (QED) is 0.931. The summed E-state index contributed by atoms with van der Waals surface area (Å²) in [6.07, 6.45) is 1.50. The Balaban J connectivity index is 2.00. The van der Waals surface area contributed by atoms with E-state index in [0.29, 0.717) is 10.0 Å². The van der Waals surface area contributed by atoms with Crippen molar-refractivity contribution in [2.75, 3.05) is 0 Å². The summed E-state index contributed by atoms with van der Waals surface area (Å²) in [6.45, 7) is 2.00. The maximum atomic E-state index is 6.13. The van der Waals surface area contributed by atoms with Crippen LogP contribution in [0.5, 0.6) is 0 Å². The van der Waals surface area contributed by atoms with Gasteiger partial charge in [-0.15, -0.1) is 11.3 Å². The lowest BCUT2D eigenvalue weighted by molar-refractivity contribution is 0.656. The Bertz CT molecular complexity index is 540. The van der Waals surface area contributed by atoms with E-state index in [1.54, 1.807) is 17.4 Å². The Morgan fingerprint density at radius 3 is 2.72 bits per heavy atom. The molecular formula is C13H14Cl2N2S. The molecule has 1 heterocycles. The zero-order valence-electron chi connectivity index (χ0n) is 9.99. The van der Waals surface area contributed by atoms with E-state index in [1.165, 1.54) is 0 Å². The van der Waals surface area contributed by atoms with Crippen LogP contribution in [0.25, 0.3) is 0 Å². The monoisotopic (exact) mass is 300 g/mol.